The van der Waals surface area contributed by atoms with E-state index in [0.29, 0.717) is 22.8 Å². The molecule has 12 heteroatoms. The Morgan fingerprint density at radius 2 is 0.602 bits per heavy atom. The number of fused-ring (bicyclic) bond motifs is 8. The summed E-state index contributed by atoms with van der Waals surface area (Å²) in [5.41, 5.74) is 28.7. The Morgan fingerprint density at radius 1 is 0.260 bits per heavy atom. The van der Waals surface area contributed by atoms with Crippen LogP contribution in [-0.2, 0) is 47.5 Å². The predicted octanol–water partition coefficient (Wildman–Crippen LogP) is 27.4. The van der Waals surface area contributed by atoms with E-state index in [1.165, 1.54) is 5.56 Å². The summed E-state index contributed by atoms with van der Waals surface area (Å²) in [6, 6.07) is 145. The minimum Gasteiger partial charge on any atom is -0.507 e. The van der Waals surface area contributed by atoms with Crippen molar-refractivity contribution in [1.29, 1.82) is 0 Å². The van der Waals surface area contributed by atoms with Gasteiger partial charge in [-0.1, -0.05) is 321 Å². The maximum atomic E-state index is 11.4. The van der Waals surface area contributed by atoms with Crippen LogP contribution in [0.3, 0.4) is 0 Å². The fraction of sp³-hybridized carbons (Fsp3) is 0.0270. The second kappa shape index (κ2) is 33.2. The maximum Gasteiger partial charge on any atom is 0.148 e. The molecule has 0 radical (unpaired) electrons. The fourth-order valence-electron chi connectivity index (χ4n) is 17.5. The first-order chi connectivity index (χ1) is 59.6. The number of phenols is 2. The van der Waals surface area contributed by atoms with Crippen molar-refractivity contribution in [3.05, 3.63) is 436 Å². The van der Waals surface area contributed by atoms with Crippen molar-refractivity contribution in [2.75, 3.05) is 0 Å². The SMILES string of the molecule is CC(C)(c1ccccc1)c1cc(-c2cc3c(cn2)c2ccccc2n3-c2ccccc2)[c-]c(-c2cccc3c2nc(-c2ccccc2O)n3-c2ccccc2-c2ccccc2)c1.Oc1ccccc1-c1nc2c(-c3[c-]c(-c4cc5c(cn4)c4ccccc4n5-c4ccccc4)cc(-c4ccccc4)c3)cccc2n1-c1ccccc1-c1ccccc1.[Pt].[Pt]. The van der Waals surface area contributed by atoms with Gasteiger partial charge in [0.25, 0.3) is 0 Å². The third-order valence-electron chi connectivity index (χ3n) is 23.5. The summed E-state index contributed by atoms with van der Waals surface area (Å²) in [5.74, 6) is 1.62. The van der Waals surface area contributed by atoms with Gasteiger partial charge in [-0.3, -0.25) is 19.1 Å². The van der Waals surface area contributed by atoms with Gasteiger partial charge < -0.3 is 19.3 Å². The third kappa shape index (κ3) is 14.2. The van der Waals surface area contributed by atoms with E-state index in [4.69, 9.17) is 19.9 Å². The number of hydrogen-bond acceptors (Lipinski definition) is 6. The fourth-order valence-corrected chi connectivity index (χ4v) is 17.5. The molecule has 0 unspecified atom stereocenters. The Hall–Kier alpha value is -14.7. The molecule has 0 aliphatic rings. The van der Waals surface area contributed by atoms with E-state index in [1.54, 1.807) is 12.1 Å². The van der Waals surface area contributed by atoms with Crippen LogP contribution in [0.5, 0.6) is 11.5 Å². The van der Waals surface area contributed by atoms with Crippen molar-refractivity contribution in [3.8, 4) is 135 Å². The van der Waals surface area contributed by atoms with Gasteiger partial charge in [0.05, 0.1) is 66.6 Å². The summed E-state index contributed by atoms with van der Waals surface area (Å²) in [6.45, 7) is 4.56. The smallest absolute Gasteiger partial charge is 0.148 e. The van der Waals surface area contributed by atoms with Crippen molar-refractivity contribution >= 4 is 65.7 Å². The number of phenolic OH excluding ortho intramolecular Hbond substituents is 2. The average Bonchev–Trinajstić information content (AvgIpc) is 1.60. The van der Waals surface area contributed by atoms with Crippen molar-refractivity contribution in [2.45, 2.75) is 19.3 Å². The van der Waals surface area contributed by atoms with Crippen LogP contribution in [0.25, 0.3) is 189 Å². The van der Waals surface area contributed by atoms with Gasteiger partial charge in [-0.15, -0.1) is 53.1 Å². The molecule has 0 atom stereocenters. The summed E-state index contributed by atoms with van der Waals surface area (Å²) in [4.78, 5) is 21.2. The molecule has 10 nitrogen and oxygen atoms in total. The van der Waals surface area contributed by atoms with Crippen LogP contribution in [-0.4, -0.2) is 48.4 Å². The van der Waals surface area contributed by atoms with Crippen molar-refractivity contribution in [1.82, 2.24) is 38.2 Å². The molecule has 0 bridgehead atoms. The van der Waals surface area contributed by atoms with E-state index in [2.05, 4.69) is 372 Å². The van der Waals surface area contributed by atoms with E-state index in [1.807, 2.05) is 73.1 Å². The molecular formula is C111H76N8O2Pt2-2. The van der Waals surface area contributed by atoms with Crippen molar-refractivity contribution in [3.63, 3.8) is 0 Å². The predicted molar refractivity (Wildman–Crippen MR) is 495 cm³/mol. The quantitative estimate of drug-likeness (QED) is 0.0989. The Kier molecular flexibility index (Phi) is 21.1. The van der Waals surface area contributed by atoms with Crippen LogP contribution < -0.4 is 0 Å². The second-order valence-electron chi connectivity index (χ2n) is 31.0. The van der Waals surface area contributed by atoms with Crippen LogP contribution in [0.1, 0.15) is 25.0 Å². The molecule has 0 spiro atoms. The number of rotatable bonds is 15. The zero-order valence-corrected chi connectivity index (χ0v) is 71.4. The Morgan fingerprint density at radius 3 is 1.06 bits per heavy atom. The molecule has 0 saturated carbocycles. The van der Waals surface area contributed by atoms with Gasteiger partial charge >= 0.3 is 0 Å². The van der Waals surface area contributed by atoms with Gasteiger partial charge in [0, 0.05) is 115 Å². The number of nitrogens with zero attached hydrogens (tertiary/aromatic N) is 8. The molecule has 22 rings (SSSR count). The first kappa shape index (κ1) is 78.2. The number of aromatic hydroxyl groups is 2. The van der Waals surface area contributed by atoms with Gasteiger partial charge in [-0.05, 0) is 119 Å². The maximum absolute atomic E-state index is 11.4. The first-order valence-corrected chi connectivity index (χ1v) is 40.7. The van der Waals surface area contributed by atoms with Crippen molar-refractivity contribution in [2.24, 2.45) is 0 Å². The van der Waals surface area contributed by atoms with Crippen LogP contribution in [0.15, 0.2) is 413 Å². The number of imidazole rings is 2. The standard InChI is InChI=1S/C57H41N4O.C54H35N4O.2Pt/c1-57(2,41-21-8-4-9-22-41)42-34-39(33-40(35-42)49-36-53-48(37-58-49)46-26-13-16-30-51(46)60(53)43-23-10-5-11-24-43)45-28-18-31-52-55(45)59-56(47-27-14-17-32-54(47)62)61(52)50-29-15-12-25-44(50)38-19-6-3-7-20-38;59-52-30-15-12-25-45(52)54-56-53-43(26-16-29-50(53)58(54)48-27-13-10-23-42(48)37-19-6-2-7-20-37)39-31-38(36-17-4-1-5-18-36)32-40(33-39)47-34-51-46(35-55-47)44-24-11-14-28-49(44)57(51)41-21-8-3-9-22-41;;/h3-32,34-37,62H,1-2H3;1-32,34-35,59H;;/q2*-1;;. The van der Waals surface area contributed by atoms with E-state index in [0.717, 1.165) is 172 Å². The zero-order valence-electron chi connectivity index (χ0n) is 66.9. The van der Waals surface area contributed by atoms with Gasteiger partial charge in [-0.25, -0.2) is 9.97 Å². The van der Waals surface area contributed by atoms with E-state index in [9.17, 15) is 10.2 Å². The van der Waals surface area contributed by atoms with Gasteiger partial charge in [-0.2, -0.15) is 0 Å². The molecule has 0 saturated heterocycles. The summed E-state index contributed by atoms with van der Waals surface area (Å²) in [6.07, 6.45) is 4.01. The minimum absolute atomic E-state index is 0. The Labute approximate surface area is 740 Å². The van der Waals surface area contributed by atoms with E-state index >= 15 is 0 Å². The normalized spacial score (nSPS) is 11.4. The Bertz CT molecular complexity index is 7700. The number of hydrogen-bond donors (Lipinski definition) is 2. The van der Waals surface area contributed by atoms with Gasteiger partial charge in [0.15, 0.2) is 0 Å². The third-order valence-corrected chi connectivity index (χ3v) is 23.5. The molecule has 6 aromatic heterocycles. The molecule has 123 heavy (non-hydrogen) atoms. The second-order valence-corrected chi connectivity index (χ2v) is 31.0. The average molecular weight is 1940 g/mol. The summed E-state index contributed by atoms with van der Waals surface area (Å²) in [7, 11) is 0. The number of para-hydroxylation sites is 10. The molecule has 0 amide bonds. The van der Waals surface area contributed by atoms with Gasteiger partial charge in [0.2, 0.25) is 0 Å². The van der Waals surface area contributed by atoms with Crippen molar-refractivity contribution < 1.29 is 52.3 Å². The summed E-state index contributed by atoms with van der Waals surface area (Å²) in [5, 5.41) is 27.2. The van der Waals surface area contributed by atoms with E-state index < -0.39 is 0 Å². The molecule has 2 N–H and O–H groups in total. The monoisotopic (exact) mass is 1940 g/mol. The zero-order chi connectivity index (χ0) is 81.1. The number of benzene rings is 16. The largest absolute Gasteiger partial charge is 0.507 e. The molecule has 0 aliphatic heterocycles. The topological polar surface area (TPSA) is 112 Å². The summed E-state index contributed by atoms with van der Waals surface area (Å²) >= 11 is 0. The van der Waals surface area contributed by atoms with Crippen LogP contribution in [0.2, 0.25) is 0 Å². The van der Waals surface area contributed by atoms with Crippen LogP contribution in [0.4, 0.5) is 0 Å². The first-order valence-electron chi connectivity index (χ1n) is 40.7. The molecule has 22 aromatic rings. The molecule has 594 valence electrons. The molecular weight excluding hydrogens is 1870 g/mol. The van der Waals surface area contributed by atoms with Gasteiger partial charge in [0.1, 0.15) is 23.1 Å². The summed E-state index contributed by atoms with van der Waals surface area (Å²) < 4.78 is 9.01. The molecule has 0 aliphatic carbocycles. The molecule has 6 heterocycles. The number of aromatic nitrogens is 8. The van der Waals surface area contributed by atoms with E-state index in [-0.39, 0.29) is 59.0 Å². The molecule has 0 fully saturated rings. The number of pyridine rings is 2. The van der Waals surface area contributed by atoms with Crippen LogP contribution in [0, 0.1) is 12.1 Å². The molecule has 16 aromatic carbocycles. The Balaban J connectivity index is 0.000000159. The van der Waals surface area contributed by atoms with Crippen LogP contribution >= 0.6 is 0 Å². The minimum atomic E-state index is -0.369.